The van der Waals surface area contributed by atoms with Gasteiger partial charge in [-0.1, -0.05) is 12.8 Å². The Morgan fingerprint density at radius 1 is 1.20 bits per heavy atom. The highest BCUT2D eigenvalue weighted by molar-refractivity contribution is 7.98. The van der Waals surface area contributed by atoms with Crippen molar-refractivity contribution in [2.75, 3.05) is 36.5 Å². The monoisotopic (exact) mass is 315 g/mol. The van der Waals surface area contributed by atoms with E-state index in [1.165, 1.54) is 36.3 Å². The average molecular weight is 316 g/mol. The van der Waals surface area contributed by atoms with E-state index in [0.717, 1.165) is 31.3 Å². The minimum absolute atomic E-state index is 0.962. The van der Waals surface area contributed by atoms with Crippen molar-refractivity contribution < 1.29 is 0 Å². The second-order valence-electron chi connectivity index (χ2n) is 4.87. The van der Waals surface area contributed by atoms with Gasteiger partial charge in [-0.05, 0) is 45.2 Å². The highest BCUT2D eigenvalue weighted by Gasteiger charge is 2.07. The summed E-state index contributed by atoms with van der Waals surface area (Å²) in [6, 6.07) is 0. The molecule has 0 atom stereocenters. The zero-order valence-corrected chi connectivity index (χ0v) is 14.8. The van der Waals surface area contributed by atoms with Crippen LogP contribution >= 0.6 is 23.1 Å². The second kappa shape index (κ2) is 11.4. The molecule has 0 aliphatic carbocycles. The summed E-state index contributed by atoms with van der Waals surface area (Å²) < 4.78 is 0. The number of nitrogens with one attached hydrogen (secondary N) is 1. The van der Waals surface area contributed by atoms with E-state index in [9.17, 15) is 0 Å². The molecule has 0 aromatic carbocycles. The molecule has 0 amide bonds. The Bertz CT molecular complexity index is 338. The molecule has 116 valence electrons. The molecule has 0 saturated carbocycles. The van der Waals surface area contributed by atoms with E-state index in [4.69, 9.17) is 0 Å². The van der Waals surface area contributed by atoms with E-state index in [2.05, 4.69) is 35.3 Å². The maximum atomic E-state index is 4.51. The van der Waals surface area contributed by atoms with Crippen LogP contribution in [0.2, 0.25) is 0 Å². The molecule has 1 heterocycles. The molecule has 1 rings (SSSR count). The lowest BCUT2D eigenvalue weighted by Gasteiger charge is -2.16. The number of hydrogen-bond acceptors (Lipinski definition) is 5. The van der Waals surface area contributed by atoms with Crippen molar-refractivity contribution in [2.45, 2.75) is 46.1 Å². The Morgan fingerprint density at radius 3 is 2.65 bits per heavy atom. The van der Waals surface area contributed by atoms with Crippen LogP contribution in [0.25, 0.3) is 0 Å². The number of unbranched alkanes of at least 4 members (excludes halogenated alkanes) is 3. The Hall–Kier alpha value is -0.260. The zero-order chi connectivity index (χ0) is 14.6. The first-order valence-electron chi connectivity index (χ1n) is 7.71. The zero-order valence-electron chi connectivity index (χ0n) is 13.2. The summed E-state index contributed by atoms with van der Waals surface area (Å²) >= 11 is 3.76. The molecule has 0 spiro atoms. The first-order chi connectivity index (χ1) is 9.81. The normalized spacial score (nSPS) is 10.9. The smallest absolute Gasteiger partial charge is 0.185 e. The van der Waals surface area contributed by atoms with E-state index in [0.29, 0.717) is 0 Å². The summed E-state index contributed by atoms with van der Waals surface area (Å²) in [6.07, 6.45) is 9.57. The molecular weight excluding hydrogens is 286 g/mol. The minimum atomic E-state index is 0.962. The summed E-state index contributed by atoms with van der Waals surface area (Å²) in [5.74, 6) is 1.31. The number of thiazole rings is 1. The number of rotatable bonds is 12. The topological polar surface area (TPSA) is 28.2 Å². The van der Waals surface area contributed by atoms with Crippen molar-refractivity contribution in [2.24, 2.45) is 0 Å². The first kappa shape index (κ1) is 17.8. The highest BCUT2D eigenvalue weighted by Crippen LogP contribution is 2.21. The van der Waals surface area contributed by atoms with Crippen LogP contribution in [-0.2, 0) is 6.54 Å². The minimum Gasteiger partial charge on any atom is -0.349 e. The lowest BCUT2D eigenvalue weighted by molar-refractivity contribution is 0.602. The highest BCUT2D eigenvalue weighted by atomic mass is 32.2. The van der Waals surface area contributed by atoms with Gasteiger partial charge in [-0.3, -0.25) is 0 Å². The van der Waals surface area contributed by atoms with Crippen LogP contribution in [0.15, 0.2) is 6.20 Å². The molecule has 20 heavy (non-hydrogen) atoms. The Balaban J connectivity index is 2.10. The maximum Gasteiger partial charge on any atom is 0.185 e. The van der Waals surface area contributed by atoms with E-state index in [1.807, 2.05) is 29.3 Å². The Kier molecular flexibility index (Phi) is 10.1. The van der Waals surface area contributed by atoms with Gasteiger partial charge in [0.15, 0.2) is 5.13 Å². The molecule has 0 fully saturated rings. The molecular formula is C15H29N3S2. The number of thioether (sulfide) groups is 1. The van der Waals surface area contributed by atoms with Crippen molar-refractivity contribution >= 4 is 28.2 Å². The number of nitrogens with zero attached hydrogens (tertiary/aromatic N) is 2. The molecule has 0 bridgehead atoms. The van der Waals surface area contributed by atoms with Gasteiger partial charge in [0.2, 0.25) is 0 Å². The van der Waals surface area contributed by atoms with E-state index < -0.39 is 0 Å². The largest absolute Gasteiger partial charge is 0.349 e. The molecule has 1 aromatic rings. The maximum absolute atomic E-state index is 4.51. The first-order valence-corrected chi connectivity index (χ1v) is 9.92. The molecule has 0 aliphatic rings. The number of aromatic nitrogens is 1. The quantitative estimate of drug-likeness (QED) is 0.590. The van der Waals surface area contributed by atoms with Gasteiger partial charge < -0.3 is 10.2 Å². The van der Waals surface area contributed by atoms with Gasteiger partial charge in [0, 0.05) is 30.7 Å². The van der Waals surface area contributed by atoms with Crippen LogP contribution in [0.5, 0.6) is 0 Å². The van der Waals surface area contributed by atoms with Crippen LogP contribution in [0.1, 0.15) is 44.4 Å². The third kappa shape index (κ3) is 6.95. The Morgan fingerprint density at radius 2 is 1.95 bits per heavy atom. The van der Waals surface area contributed by atoms with Crippen molar-refractivity contribution in [1.29, 1.82) is 0 Å². The van der Waals surface area contributed by atoms with Gasteiger partial charge in [0.05, 0.1) is 0 Å². The average Bonchev–Trinajstić information content (AvgIpc) is 2.92. The van der Waals surface area contributed by atoms with Gasteiger partial charge in [-0.2, -0.15) is 11.8 Å². The summed E-state index contributed by atoms with van der Waals surface area (Å²) in [7, 11) is 0. The third-order valence-corrected chi connectivity index (χ3v) is 5.08. The predicted molar refractivity (Wildman–Crippen MR) is 94.2 cm³/mol. The predicted octanol–water partition coefficient (Wildman–Crippen LogP) is 4.00. The van der Waals surface area contributed by atoms with E-state index >= 15 is 0 Å². The van der Waals surface area contributed by atoms with E-state index in [-0.39, 0.29) is 0 Å². The molecule has 5 heteroatoms. The summed E-state index contributed by atoms with van der Waals surface area (Å²) in [5, 5.41) is 4.68. The fourth-order valence-electron chi connectivity index (χ4n) is 2.08. The molecule has 0 aliphatic heterocycles. The standard InChI is InChI=1S/C15H29N3S2/c1-4-18(5-2)15-17-13-14(20-15)12-16-10-8-6-7-9-11-19-3/h13,16H,4-12H2,1-3H3. The van der Waals surface area contributed by atoms with Gasteiger partial charge in [-0.25, -0.2) is 4.98 Å². The summed E-state index contributed by atoms with van der Waals surface area (Å²) in [6.45, 7) is 8.51. The molecule has 0 saturated heterocycles. The lowest BCUT2D eigenvalue weighted by Crippen LogP contribution is -2.21. The van der Waals surface area contributed by atoms with Gasteiger partial charge in [0.1, 0.15) is 0 Å². The van der Waals surface area contributed by atoms with Crippen molar-refractivity contribution in [3.63, 3.8) is 0 Å². The lowest BCUT2D eigenvalue weighted by atomic mass is 10.2. The van der Waals surface area contributed by atoms with Crippen LogP contribution < -0.4 is 10.2 Å². The molecule has 1 N–H and O–H groups in total. The number of hydrogen-bond donors (Lipinski definition) is 1. The van der Waals surface area contributed by atoms with Crippen molar-refractivity contribution in [3.8, 4) is 0 Å². The van der Waals surface area contributed by atoms with Crippen LogP contribution in [-0.4, -0.2) is 36.6 Å². The third-order valence-electron chi connectivity index (χ3n) is 3.33. The van der Waals surface area contributed by atoms with Crippen LogP contribution in [0.4, 0.5) is 5.13 Å². The van der Waals surface area contributed by atoms with Gasteiger partial charge in [-0.15, -0.1) is 11.3 Å². The number of anilines is 1. The fourth-order valence-corrected chi connectivity index (χ4v) is 3.58. The molecule has 0 radical (unpaired) electrons. The molecule has 0 unspecified atom stereocenters. The SMILES string of the molecule is CCN(CC)c1ncc(CNCCCCCCSC)s1. The van der Waals surface area contributed by atoms with Crippen LogP contribution in [0.3, 0.4) is 0 Å². The summed E-state index contributed by atoms with van der Waals surface area (Å²) in [4.78, 5) is 8.16. The molecule has 3 nitrogen and oxygen atoms in total. The van der Waals surface area contributed by atoms with Crippen molar-refractivity contribution in [3.05, 3.63) is 11.1 Å². The Labute approximate surface area is 132 Å². The van der Waals surface area contributed by atoms with E-state index in [1.54, 1.807) is 0 Å². The fraction of sp³-hybridized carbons (Fsp3) is 0.800. The van der Waals surface area contributed by atoms with Crippen LogP contribution in [0, 0.1) is 0 Å². The van der Waals surface area contributed by atoms with Gasteiger partial charge in [0.25, 0.3) is 0 Å². The second-order valence-corrected chi connectivity index (χ2v) is 6.94. The van der Waals surface area contributed by atoms with Gasteiger partial charge >= 0.3 is 0 Å². The molecule has 1 aromatic heterocycles. The van der Waals surface area contributed by atoms with Crippen molar-refractivity contribution in [1.82, 2.24) is 10.3 Å². The summed E-state index contributed by atoms with van der Waals surface area (Å²) in [5.41, 5.74) is 0.